The fraction of sp³-hybridized carbons (Fsp3) is 0.280. The van der Waals surface area contributed by atoms with Crippen LogP contribution in [0.15, 0.2) is 81.7 Å². The summed E-state index contributed by atoms with van der Waals surface area (Å²) < 4.78 is 2.18. The summed E-state index contributed by atoms with van der Waals surface area (Å²) >= 11 is 7.08. The third-order valence-electron chi connectivity index (χ3n) is 4.93. The van der Waals surface area contributed by atoms with E-state index in [0.717, 1.165) is 20.3 Å². The van der Waals surface area contributed by atoms with E-state index >= 15 is 0 Å². The standard InChI is InChI=1S/C25H27Br2N/c1-2-3-4-5-6-7-20-8-14-23(15-9-20)28(24-16-10-21(26)11-17-24)25-18-12-22(27)13-19-25/h8-19H,2-7H2,1H3. The molecule has 3 rings (SSSR count). The number of hydrogen-bond donors (Lipinski definition) is 0. The number of rotatable bonds is 9. The maximum Gasteiger partial charge on any atom is 0.0462 e. The molecule has 1 nitrogen and oxygen atoms in total. The molecule has 146 valence electrons. The SMILES string of the molecule is CCCCCCCc1ccc(N(c2ccc(Br)cc2)c2ccc(Br)cc2)cc1. The number of halogens is 2. The molecule has 0 spiro atoms. The normalized spacial score (nSPS) is 10.8. The van der Waals surface area contributed by atoms with Crippen LogP contribution in [0.25, 0.3) is 0 Å². The average molecular weight is 501 g/mol. The van der Waals surface area contributed by atoms with Crippen LogP contribution in [-0.4, -0.2) is 0 Å². The lowest BCUT2D eigenvalue weighted by Gasteiger charge is -2.25. The van der Waals surface area contributed by atoms with Crippen molar-refractivity contribution in [3.8, 4) is 0 Å². The van der Waals surface area contributed by atoms with Crippen LogP contribution in [0.5, 0.6) is 0 Å². The predicted molar refractivity (Wildman–Crippen MR) is 129 cm³/mol. The molecule has 0 saturated heterocycles. The second-order valence-corrected chi connectivity index (χ2v) is 8.95. The first-order valence-corrected chi connectivity index (χ1v) is 11.7. The number of nitrogens with zero attached hydrogens (tertiary/aromatic N) is 1. The molecular formula is C25H27Br2N. The minimum absolute atomic E-state index is 1.09. The van der Waals surface area contributed by atoms with E-state index in [1.165, 1.54) is 49.8 Å². The van der Waals surface area contributed by atoms with E-state index in [1.807, 2.05) is 0 Å². The Bertz CT molecular complexity index is 794. The Kier molecular flexibility index (Phi) is 8.17. The van der Waals surface area contributed by atoms with Crippen LogP contribution in [0.3, 0.4) is 0 Å². The van der Waals surface area contributed by atoms with Crippen molar-refractivity contribution in [1.29, 1.82) is 0 Å². The van der Waals surface area contributed by atoms with Crippen molar-refractivity contribution in [2.24, 2.45) is 0 Å². The third kappa shape index (κ3) is 5.96. The molecule has 0 N–H and O–H groups in total. The Morgan fingerprint density at radius 2 is 1.00 bits per heavy atom. The van der Waals surface area contributed by atoms with Crippen LogP contribution < -0.4 is 4.90 Å². The summed E-state index contributed by atoms with van der Waals surface area (Å²) in [6.45, 7) is 2.27. The molecule has 3 aromatic rings. The molecule has 0 fully saturated rings. The highest BCUT2D eigenvalue weighted by Gasteiger charge is 2.12. The van der Waals surface area contributed by atoms with Gasteiger partial charge >= 0.3 is 0 Å². The van der Waals surface area contributed by atoms with Gasteiger partial charge in [0.15, 0.2) is 0 Å². The van der Waals surface area contributed by atoms with Crippen molar-refractivity contribution < 1.29 is 0 Å². The Morgan fingerprint density at radius 1 is 0.571 bits per heavy atom. The molecule has 0 saturated carbocycles. The van der Waals surface area contributed by atoms with E-state index in [2.05, 4.69) is 116 Å². The van der Waals surface area contributed by atoms with E-state index in [1.54, 1.807) is 0 Å². The monoisotopic (exact) mass is 499 g/mol. The predicted octanol–water partition coefficient (Wildman–Crippen LogP) is 9.19. The van der Waals surface area contributed by atoms with Gasteiger partial charge in [-0.2, -0.15) is 0 Å². The maximum absolute atomic E-state index is 3.54. The van der Waals surface area contributed by atoms with Gasteiger partial charge in [0.05, 0.1) is 0 Å². The summed E-state index contributed by atoms with van der Waals surface area (Å²) in [5.74, 6) is 0. The topological polar surface area (TPSA) is 3.24 Å². The van der Waals surface area contributed by atoms with E-state index < -0.39 is 0 Å². The lowest BCUT2D eigenvalue weighted by molar-refractivity contribution is 0.632. The zero-order valence-corrected chi connectivity index (χ0v) is 19.5. The van der Waals surface area contributed by atoms with Crippen LogP contribution in [0, 0.1) is 0 Å². The number of anilines is 3. The lowest BCUT2D eigenvalue weighted by Crippen LogP contribution is -2.09. The summed E-state index contributed by atoms with van der Waals surface area (Å²) in [7, 11) is 0. The molecule has 0 unspecified atom stereocenters. The first kappa shape index (κ1) is 21.1. The van der Waals surface area contributed by atoms with Crippen LogP contribution in [-0.2, 0) is 6.42 Å². The van der Waals surface area contributed by atoms with Gasteiger partial charge in [-0.3, -0.25) is 0 Å². The summed E-state index contributed by atoms with van der Waals surface area (Å²) in [4.78, 5) is 2.30. The number of hydrogen-bond acceptors (Lipinski definition) is 1. The summed E-state index contributed by atoms with van der Waals surface area (Å²) in [5.41, 5.74) is 4.90. The smallest absolute Gasteiger partial charge is 0.0462 e. The van der Waals surface area contributed by atoms with Gasteiger partial charge in [-0.15, -0.1) is 0 Å². The lowest BCUT2D eigenvalue weighted by atomic mass is 10.0. The molecule has 0 aliphatic carbocycles. The molecule has 0 amide bonds. The fourth-order valence-electron chi connectivity index (χ4n) is 3.37. The first-order chi connectivity index (χ1) is 13.7. The van der Waals surface area contributed by atoms with Crippen molar-refractivity contribution in [2.75, 3.05) is 4.90 Å². The highest BCUT2D eigenvalue weighted by Crippen LogP contribution is 2.35. The zero-order valence-electron chi connectivity index (χ0n) is 16.4. The molecule has 0 radical (unpaired) electrons. The number of benzene rings is 3. The molecule has 0 aliphatic rings. The fourth-order valence-corrected chi connectivity index (χ4v) is 3.90. The van der Waals surface area contributed by atoms with Crippen LogP contribution in [0.4, 0.5) is 17.1 Å². The quantitative estimate of drug-likeness (QED) is 0.264. The molecule has 28 heavy (non-hydrogen) atoms. The Hall–Kier alpha value is -1.58. The van der Waals surface area contributed by atoms with Gasteiger partial charge in [-0.05, 0) is 79.1 Å². The highest BCUT2D eigenvalue weighted by atomic mass is 79.9. The van der Waals surface area contributed by atoms with E-state index in [4.69, 9.17) is 0 Å². The van der Waals surface area contributed by atoms with E-state index in [-0.39, 0.29) is 0 Å². The summed E-state index contributed by atoms with van der Waals surface area (Å²) in [5, 5.41) is 0. The number of unbranched alkanes of at least 4 members (excludes halogenated alkanes) is 4. The Morgan fingerprint density at radius 3 is 1.46 bits per heavy atom. The first-order valence-electron chi connectivity index (χ1n) is 10.1. The highest BCUT2D eigenvalue weighted by molar-refractivity contribution is 9.10. The van der Waals surface area contributed by atoms with Gasteiger partial charge < -0.3 is 4.90 Å². The molecule has 3 heteroatoms. The molecule has 0 bridgehead atoms. The zero-order chi connectivity index (χ0) is 19.8. The van der Waals surface area contributed by atoms with Crippen molar-refractivity contribution in [1.82, 2.24) is 0 Å². The van der Waals surface area contributed by atoms with Crippen LogP contribution in [0.2, 0.25) is 0 Å². The second-order valence-electron chi connectivity index (χ2n) is 7.12. The van der Waals surface area contributed by atoms with Gasteiger partial charge in [0.2, 0.25) is 0 Å². The van der Waals surface area contributed by atoms with Crippen molar-refractivity contribution >= 4 is 48.9 Å². The number of aryl methyl sites for hydroxylation is 1. The summed E-state index contributed by atoms with van der Waals surface area (Å²) in [6, 6.07) is 26.0. The third-order valence-corrected chi connectivity index (χ3v) is 5.99. The summed E-state index contributed by atoms with van der Waals surface area (Å²) in [6.07, 6.45) is 7.79. The Labute approximate surface area is 186 Å². The van der Waals surface area contributed by atoms with Crippen LogP contribution >= 0.6 is 31.9 Å². The average Bonchev–Trinajstić information content (AvgIpc) is 2.72. The maximum atomic E-state index is 3.54. The molecule has 3 aromatic carbocycles. The van der Waals surface area contributed by atoms with Gasteiger partial charge in [-0.25, -0.2) is 0 Å². The molecule has 0 atom stereocenters. The molecule has 0 heterocycles. The molecule has 0 aliphatic heterocycles. The molecular weight excluding hydrogens is 474 g/mol. The van der Waals surface area contributed by atoms with Gasteiger partial charge in [0, 0.05) is 26.0 Å². The van der Waals surface area contributed by atoms with E-state index in [9.17, 15) is 0 Å². The molecule has 0 aromatic heterocycles. The van der Waals surface area contributed by atoms with Gasteiger partial charge in [0.1, 0.15) is 0 Å². The van der Waals surface area contributed by atoms with Crippen molar-refractivity contribution in [2.45, 2.75) is 45.4 Å². The van der Waals surface area contributed by atoms with Crippen molar-refractivity contribution in [3.05, 3.63) is 87.3 Å². The minimum Gasteiger partial charge on any atom is -0.311 e. The van der Waals surface area contributed by atoms with Crippen LogP contribution in [0.1, 0.15) is 44.6 Å². The largest absolute Gasteiger partial charge is 0.311 e. The van der Waals surface area contributed by atoms with Crippen molar-refractivity contribution in [3.63, 3.8) is 0 Å². The van der Waals surface area contributed by atoms with E-state index in [0.29, 0.717) is 0 Å². The van der Waals surface area contributed by atoms with Gasteiger partial charge in [0.25, 0.3) is 0 Å². The Balaban J connectivity index is 1.80. The van der Waals surface area contributed by atoms with Gasteiger partial charge in [-0.1, -0.05) is 76.6 Å². The second kappa shape index (κ2) is 10.8. The minimum atomic E-state index is 1.09.